The summed E-state index contributed by atoms with van der Waals surface area (Å²) in [6.07, 6.45) is 2.10. The second-order valence-electron chi connectivity index (χ2n) is 8.33. The lowest BCUT2D eigenvalue weighted by atomic mass is 9.99. The van der Waals surface area contributed by atoms with E-state index in [4.69, 9.17) is 23.7 Å². The first kappa shape index (κ1) is 22.6. The molecule has 5 aromatic rings. The Morgan fingerprint density at radius 2 is 1.11 bits per heavy atom. The van der Waals surface area contributed by atoms with Crippen molar-refractivity contribution < 1.29 is 28.3 Å². The van der Waals surface area contributed by atoms with Crippen LogP contribution in [-0.2, 0) is 13.7 Å². The second kappa shape index (κ2) is 9.22. The van der Waals surface area contributed by atoms with Crippen molar-refractivity contribution in [2.45, 2.75) is 6.61 Å². The number of nitrogens with zero attached hydrogens (tertiary/aromatic N) is 1. The van der Waals surface area contributed by atoms with E-state index in [1.807, 2.05) is 49.5 Å². The second-order valence-corrected chi connectivity index (χ2v) is 8.33. The Kier molecular flexibility index (Phi) is 5.95. The summed E-state index contributed by atoms with van der Waals surface area (Å²) in [5.41, 5.74) is 2.14. The van der Waals surface area contributed by atoms with Gasteiger partial charge < -0.3 is 23.7 Å². The van der Waals surface area contributed by atoms with Gasteiger partial charge in [-0.1, -0.05) is 30.3 Å². The van der Waals surface area contributed by atoms with Crippen molar-refractivity contribution in [1.29, 1.82) is 0 Å². The van der Waals surface area contributed by atoms with Crippen LogP contribution in [0.25, 0.3) is 32.4 Å². The average molecular weight is 471 g/mol. The standard InChI is InChI=1S/C29H28NO5/c1-30-16-19-11-25(31-2)26(32-3)12-20(19)22-14-24(35-17-18-9-7-6-8-10-18)21-13-27(33-4)28(34-5)15-23(21)29(22)30/h6-16H,17H2,1-5H3/q+1. The molecule has 0 aliphatic heterocycles. The van der Waals surface area contributed by atoms with Gasteiger partial charge in [0.1, 0.15) is 19.4 Å². The van der Waals surface area contributed by atoms with E-state index in [1.54, 1.807) is 28.4 Å². The monoisotopic (exact) mass is 470 g/mol. The molecular weight excluding hydrogens is 442 g/mol. The summed E-state index contributed by atoms with van der Waals surface area (Å²) in [4.78, 5) is 0. The van der Waals surface area contributed by atoms with Crippen molar-refractivity contribution in [2.75, 3.05) is 28.4 Å². The molecule has 35 heavy (non-hydrogen) atoms. The highest BCUT2D eigenvalue weighted by Crippen LogP contribution is 2.42. The zero-order chi connectivity index (χ0) is 24.5. The van der Waals surface area contributed by atoms with Crippen molar-refractivity contribution in [3.63, 3.8) is 0 Å². The lowest BCUT2D eigenvalue weighted by molar-refractivity contribution is -0.642. The molecule has 0 saturated carbocycles. The van der Waals surface area contributed by atoms with Gasteiger partial charge in [-0.2, -0.15) is 4.57 Å². The van der Waals surface area contributed by atoms with Gasteiger partial charge in [-0.15, -0.1) is 0 Å². The lowest BCUT2D eigenvalue weighted by Gasteiger charge is -2.16. The normalized spacial score (nSPS) is 11.1. The number of methoxy groups -OCH3 is 4. The molecule has 5 rings (SSSR count). The third-order valence-electron chi connectivity index (χ3n) is 6.34. The van der Waals surface area contributed by atoms with Gasteiger partial charge >= 0.3 is 0 Å². The summed E-state index contributed by atoms with van der Waals surface area (Å²) >= 11 is 0. The highest BCUT2D eigenvalue weighted by Gasteiger charge is 2.22. The molecule has 0 saturated heterocycles. The van der Waals surface area contributed by atoms with Crippen LogP contribution in [0.2, 0.25) is 0 Å². The maximum atomic E-state index is 6.42. The van der Waals surface area contributed by atoms with Gasteiger partial charge in [-0.3, -0.25) is 0 Å². The molecule has 178 valence electrons. The van der Waals surface area contributed by atoms with Crippen LogP contribution in [0.1, 0.15) is 5.56 Å². The maximum Gasteiger partial charge on any atom is 0.221 e. The molecule has 1 aromatic heterocycles. The minimum absolute atomic E-state index is 0.448. The molecule has 0 spiro atoms. The summed E-state index contributed by atoms with van der Waals surface area (Å²) in [5, 5.41) is 5.06. The molecule has 0 atom stereocenters. The van der Waals surface area contributed by atoms with Crippen LogP contribution < -0.4 is 28.3 Å². The Morgan fingerprint density at radius 1 is 0.600 bits per heavy atom. The van der Waals surface area contributed by atoms with Crippen LogP contribution >= 0.6 is 0 Å². The summed E-state index contributed by atoms with van der Waals surface area (Å²) < 4.78 is 31.0. The maximum absolute atomic E-state index is 6.42. The van der Waals surface area contributed by atoms with Gasteiger partial charge in [0.15, 0.2) is 29.2 Å². The minimum Gasteiger partial charge on any atom is -0.493 e. The van der Waals surface area contributed by atoms with Gasteiger partial charge in [0.2, 0.25) is 5.52 Å². The van der Waals surface area contributed by atoms with Crippen molar-refractivity contribution in [3.8, 4) is 28.7 Å². The molecule has 0 fully saturated rings. The molecular formula is C29H28NO5+. The molecule has 0 N–H and O–H groups in total. The summed E-state index contributed by atoms with van der Waals surface area (Å²) in [5.74, 6) is 3.44. The van der Waals surface area contributed by atoms with E-state index < -0.39 is 0 Å². The molecule has 0 aliphatic carbocycles. The highest BCUT2D eigenvalue weighted by molar-refractivity contribution is 6.16. The van der Waals surface area contributed by atoms with Crippen LogP contribution in [0.5, 0.6) is 28.7 Å². The Bertz CT molecular complexity index is 1550. The van der Waals surface area contributed by atoms with E-state index in [-0.39, 0.29) is 0 Å². The third-order valence-corrected chi connectivity index (χ3v) is 6.34. The van der Waals surface area contributed by atoms with Gasteiger partial charge in [0, 0.05) is 10.8 Å². The minimum atomic E-state index is 0.448. The summed E-state index contributed by atoms with van der Waals surface area (Å²) in [6.45, 7) is 0.448. The Morgan fingerprint density at radius 3 is 1.74 bits per heavy atom. The number of rotatable bonds is 7. The molecule has 6 heteroatoms. The van der Waals surface area contributed by atoms with Gasteiger partial charge in [-0.05, 0) is 35.9 Å². The molecule has 1 heterocycles. The third kappa shape index (κ3) is 3.91. The van der Waals surface area contributed by atoms with Crippen LogP contribution in [0.15, 0.2) is 66.9 Å². The molecule has 4 aromatic carbocycles. The first-order valence-electron chi connectivity index (χ1n) is 11.3. The predicted molar refractivity (Wildman–Crippen MR) is 137 cm³/mol. The SMILES string of the molecule is COc1cc2c[n+](C)c3c4cc(OC)c(OC)cc4c(OCc4ccccc4)cc3c2cc1OC. The zero-order valence-electron chi connectivity index (χ0n) is 20.5. The van der Waals surface area contributed by atoms with E-state index in [1.165, 1.54) is 0 Å². The Hall–Kier alpha value is -4.19. The fraction of sp³-hybridized carbons (Fsp3) is 0.207. The highest BCUT2D eigenvalue weighted by atomic mass is 16.5. The summed E-state index contributed by atoms with van der Waals surface area (Å²) in [6, 6.07) is 20.2. The molecule has 0 amide bonds. The quantitative estimate of drug-likeness (QED) is 0.229. The molecule has 6 nitrogen and oxygen atoms in total. The first-order valence-corrected chi connectivity index (χ1v) is 11.3. The van der Waals surface area contributed by atoms with Crippen molar-refractivity contribution >= 4 is 32.4 Å². The van der Waals surface area contributed by atoms with E-state index in [9.17, 15) is 0 Å². The number of benzene rings is 4. The number of aryl methyl sites for hydroxylation is 1. The van der Waals surface area contributed by atoms with E-state index in [2.05, 4.69) is 29.0 Å². The largest absolute Gasteiger partial charge is 0.493 e. The van der Waals surface area contributed by atoms with Gasteiger partial charge in [0.05, 0.1) is 44.6 Å². The van der Waals surface area contributed by atoms with E-state index in [0.717, 1.165) is 43.8 Å². The van der Waals surface area contributed by atoms with Gasteiger partial charge in [0.25, 0.3) is 0 Å². The van der Waals surface area contributed by atoms with Crippen LogP contribution in [0, 0.1) is 0 Å². The van der Waals surface area contributed by atoms with Crippen molar-refractivity contribution in [3.05, 3.63) is 72.4 Å². The molecule has 0 bridgehead atoms. The number of hydrogen-bond donors (Lipinski definition) is 0. The number of hydrogen-bond acceptors (Lipinski definition) is 5. The number of pyridine rings is 1. The lowest BCUT2D eigenvalue weighted by Crippen LogP contribution is -2.28. The number of aromatic nitrogens is 1. The molecule has 0 unspecified atom stereocenters. The van der Waals surface area contributed by atoms with Crippen molar-refractivity contribution in [1.82, 2.24) is 0 Å². The smallest absolute Gasteiger partial charge is 0.221 e. The van der Waals surface area contributed by atoms with Crippen LogP contribution in [0.4, 0.5) is 0 Å². The molecule has 0 radical (unpaired) electrons. The molecule has 0 aliphatic rings. The van der Waals surface area contributed by atoms with E-state index in [0.29, 0.717) is 29.6 Å². The zero-order valence-corrected chi connectivity index (χ0v) is 20.5. The average Bonchev–Trinajstić information content (AvgIpc) is 2.90. The topological polar surface area (TPSA) is 50.0 Å². The van der Waals surface area contributed by atoms with Crippen LogP contribution in [-0.4, -0.2) is 28.4 Å². The number of fused-ring (bicyclic) bond motifs is 5. The fourth-order valence-electron chi connectivity index (χ4n) is 4.65. The fourth-order valence-corrected chi connectivity index (χ4v) is 4.65. The van der Waals surface area contributed by atoms with Crippen molar-refractivity contribution in [2.24, 2.45) is 7.05 Å². The Labute approximate surface area is 204 Å². The first-order chi connectivity index (χ1) is 17.1. The van der Waals surface area contributed by atoms with Gasteiger partial charge in [-0.25, -0.2) is 0 Å². The predicted octanol–water partition coefficient (Wildman–Crippen LogP) is 5.58. The van der Waals surface area contributed by atoms with Crippen LogP contribution in [0.3, 0.4) is 0 Å². The summed E-state index contributed by atoms with van der Waals surface area (Å²) in [7, 11) is 8.62. The van der Waals surface area contributed by atoms with E-state index >= 15 is 0 Å². The number of ether oxygens (including phenoxy) is 5. The Balaban J connectivity index is 1.85.